The van der Waals surface area contributed by atoms with Crippen molar-refractivity contribution >= 4 is 33.2 Å². The van der Waals surface area contributed by atoms with Crippen LogP contribution in [0.15, 0.2) is 53.4 Å². The Labute approximate surface area is 193 Å². The predicted molar refractivity (Wildman–Crippen MR) is 124 cm³/mol. The highest BCUT2D eigenvalue weighted by molar-refractivity contribution is 7.89. The van der Waals surface area contributed by atoms with Crippen LogP contribution in [0, 0.1) is 12.8 Å². The Morgan fingerprint density at radius 1 is 1.10 bits per heavy atom. The number of rotatable bonds is 9. The molecule has 0 radical (unpaired) electrons. The van der Waals surface area contributed by atoms with Crippen molar-refractivity contribution in [2.24, 2.45) is 5.92 Å². The fourth-order valence-corrected chi connectivity index (χ4v) is 5.82. The molecule has 0 spiro atoms. The van der Waals surface area contributed by atoms with Crippen molar-refractivity contribution in [2.45, 2.75) is 44.7 Å². The van der Waals surface area contributed by atoms with Gasteiger partial charge in [0.2, 0.25) is 10.0 Å². The number of methoxy groups -OCH3 is 1. The molecule has 0 amide bonds. The zero-order valence-corrected chi connectivity index (χ0v) is 20.3. The molecular formula is C22H26ClN3O3S2. The molecule has 0 saturated heterocycles. The van der Waals surface area contributed by atoms with Crippen molar-refractivity contribution < 1.29 is 13.2 Å². The molecule has 1 atom stereocenters. The van der Waals surface area contributed by atoms with Gasteiger partial charge in [-0.3, -0.25) is 0 Å². The third-order valence-electron chi connectivity index (χ3n) is 4.79. The zero-order chi connectivity index (χ0) is 22.6. The molecule has 0 N–H and O–H groups in total. The van der Waals surface area contributed by atoms with E-state index in [1.54, 1.807) is 19.2 Å². The normalized spacial score (nSPS) is 13.0. The van der Waals surface area contributed by atoms with Crippen molar-refractivity contribution in [1.82, 2.24) is 13.7 Å². The first kappa shape index (κ1) is 23.7. The first-order chi connectivity index (χ1) is 14.7. The van der Waals surface area contributed by atoms with Gasteiger partial charge in [0.25, 0.3) is 0 Å². The maximum absolute atomic E-state index is 13.8. The molecule has 0 bridgehead atoms. The summed E-state index contributed by atoms with van der Waals surface area (Å²) < 4.78 is 38.6. The van der Waals surface area contributed by atoms with Crippen molar-refractivity contribution in [3.63, 3.8) is 0 Å². The molecule has 0 fully saturated rings. The van der Waals surface area contributed by atoms with Gasteiger partial charge in [0, 0.05) is 11.6 Å². The quantitative estimate of drug-likeness (QED) is 0.406. The van der Waals surface area contributed by atoms with E-state index in [-0.39, 0.29) is 17.4 Å². The zero-order valence-electron chi connectivity index (χ0n) is 17.9. The molecule has 3 aromatic rings. The maximum Gasteiger partial charge on any atom is 0.244 e. The van der Waals surface area contributed by atoms with E-state index < -0.39 is 16.1 Å². The number of hydrogen-bond acceptors (Lipinski definition) is 6. The Hall–Kier alpha value is -2.00. The highest BCUT2D eigenvalue weighted by atomic mass is 35.5. The summed E-state index contributed by atoms with van der Waals surface area (Å²) in [5.74, 6) is 1.62. The monoisotopic (exact) mass is 479 g/mol. The molecule has 3 rings (SSSR count). The minimum atomic E-state index is -3.83. The predicted octanol–water partition coefficient (Wildman–Crippen LogP) is 5.49. The summed E-state index contributed by atoms with van der Waals surface area (Å²) >= 11 is 7.24. The topological polar surface area (TPSA) is 72.4 Å². The minimum absolute atomic E-state index is 0.195. The van der Waals surface area contributed by atoms with Gasteiger partial charge in [-0.2, -0.15) is 8.68 Å². The maximum atomic E-state index is 13.8. The number of aryl methyl sites for hydroxylation is 1. The molecule has 166 valence electrons. The average Bonchev–Trinajstić information content (AvgIpc) is 3.17. The Bertz CT molecular complexity index is 1100. The van der Waals surface area contributed by atoms with Gasteiger partial charge in [-0.15, -0.1) is 0 Å². The highest BCUT2D eigenvalue weighted by Crippen LogP contribution is 2.35. The summed E-state index contributed by atoms with van der Waals surface area (Å²) in [6.07, 6.45) is 0.623. The van der Waals surface area contributed by atoms with Gasteiger partial charge < -0.3 is 4.74 Å². The molecule has 0 unspecified atom stereocenters. The van der Waals surface area contributed by atoms with Crippen molar-refractivity contribution in [3.8, 4) is 5.75 Å². The van der Waals surface area contributed by atoms with E-state index in [0.29, 0.717) is 28.0 Å². The fraction of sp³-hybridized carbons (Fsp3) is 0.364. The molecule has 2 aromatic carbocycles. The third kappa shape index (κ3) is 5.83. The second-order valence-corrected chi connectivity index (χ2v) is 10.8. The number of sulfonamides is 1. The van der Waals surface area contributed by atoms with Gasteiger partial charge in [0.1, 0.15) is 16.6 Å². The van der Waals surface area contributed by atoms with Gasteiger partial charge in [-0.05, 0) is 72.8 Å². The molecule has 6 nitrogen and oxygen atoms in total. The van der Waals surface area contributed by atoms with Crippen LogP contribution in [-0.4, -0.2) is 29.2 Å². The van der Waals surface area contributed by atoms with E-state index in [2.05, 4.69) is 23.2 Å². The van der Waals surface area contributed by atoms with E-state index in [0.717, 1.165) is 5.56 Å². The Kier molecular flexibility index (Phi) is 7.69. The Balaban J connectivity index is 2.09. The molecule has 0 aliphatic rings. The van der Waals surface area contributed by atoms with Crippen LogP contribution in [0.2, 0.25) is 5.02 Å². The van der Waals surface area contributed by atoms with E-state index >= 15 is 0 Å². The summed E-state index contributed by atoms with van der Waals surface area (Å²) in [6.45, 7) is 6.15. The number of aromatic nitrogens is 2. The van der Waals surface area contributed by atoms with Crippen LogP contribution in [-0.2, 0) is 16.6 Å². The van der Waals surface area contributed by atoms with Gasteiger partial charge >= 0.3 is 0 Å². The average molecular weight is 480 g/mol. The standard InChI is InChI=1S/C22H26ClN3O3S2/c1-15(2)13-21(22-24-16(3)25-30-22)26(14-17-5-9-19(29-4)10-6-17)31(27,28)20-11-7-18(23)8-12-20/h5-12,15,21H,13-14H2,1-4H3/t21-/m1/s1. The van der Waals surface area contributed by atoms with Crippen LogP contribution in [0.1, 0.15) is 42.7 Å². The Morgan fingerprint density at radius 2 is 1.74 bits per heavy atom. The summed E-state index contributed by atoms with van der Waals surface area (Å²) in [5, 5.41) is 1.18. The number of hydrogen-bond donors (Lipinski definition) is 0. The van der Waals surface area contributed by atoms with Crippen LogP contribution in [0.4, 0.5) is 0 Å². The van der Waals surface area contributed by atoms with Crippen LogP contribution in [0.3, 0.4) is 0 Å². The van der Waals surface area contributed by atoms with E-state index in [4.69, 9.17) is 16.3 Å². The lowest BCUT2D eigenvalue weighted by molar-refractivity contribution is 0.277. The third-order valence-corrected chi connectivity index (χ3v) is 7.82. The largest absolute Gasteiger partial charge is 0.497 e. The lowest BCUT2D eigenvalue weighted by atomic mass is 10.0. The first-order valence-corrected chi connectivity index (χ1v) is 12.5. The van der Waals surface area contributed by atoms with Gasteiger partial charge in [-0.1, -0.05) is 37.6 Å². The van der Waals surface area contributed by atoms with Crippen molar-refractivity contribution in [1.29, 1.82) is 0 Å². The summed E-state index contributed by atoms with van der Waals surface area (Å²) in [7, 11) is -2.23. The lowest BCUT2D eigenvalue weighted by Crippen LogP contribution is -2.35. The summed E-state index contributed by atoms with van der Waals surface area (Å²) in [4.78, 5) is 4.73. The first-order valence-electron chi connectivity index (χ1n) is 9.91. The minimum Gasteiger partial charge on any atom is -0.497 e. The van der Waals surface area contributed by atoms with Crippen LogP contribution in [0.25, 0.3) is 0 Å². The summed E-state index contributed by atoms with van der Waals surface area (Å²) in [6, 6.07) is 13.2. The second-order valence-electron chi connectivity index (χ2n) is 7.68. The fourth-order valence-electron chi connectivity index (χ4n) is 3.25. The molecule has 31 heavy (non-hydrogen) atoms. The smallest absolute Gasteiger partial charge is 0.244 e. The molecule has 9 heteroatoms. The SMILES string of the molecule is COc1ccc(CN([C@H](CC(C)C)c2nc(C)ns2)S(=O)(=O)c2ccc(Cl)cc2)cc1. The van der Waals surface area contributed by atoms with Crippen molar-refractivity contribution in [2.75, 3.05) is 7.11 Å². The molecule has 1 heterocycles. The molecular weight excluding hydrogens is 454 g/mol. The number of halogens is 1. The van der Waals surface area contributed by atoms with Crippen LogP contribution < -0.4 is 4.74 Å². The number of nitrogens with zero attached hydrogens (tertiary/aromatic N) is 3. The second kappa shape index (κ2) is 10.1. The van der Waals surface area contributed by atoms with E-state index in [9.17, 15) is 8.42 Å². The Morgan fingerprint density at radius 3 is 2.26 bits per heavy atom. The van der Waals surface area contributed by atoms with Crippen LogP contribution >= 0.6 is 23.1 Å². The van der Waals surface area contributed by atoms with Gasteiger partial charge in [-0.25, -0.2) is 13.4 Å². The molecule has 0 aliphatic carbocycles. The van der Waals surface area contributed by atoms with E-state index in [1.807, 2.05) is 31.2 Å². The molecule has 1 aromatic heterocycles. The molecule has 0 aliphatic heterocycles. The van der Waals surface area contributed by atoms with Gasteiger partial charge in [0.05, 0.1) is 18.0 Å². The van der Waals surface area contributed by atoms with E-state index in [1.165, 1.54) is 28.0 Å². The number of benzene rings is 2. The lowest BCUT2D eigenvalue weighted by Gasteiger charge is -2.31. The number of ether oxygens (including phenoxy) is 1. The van der Waals surface area contributed by atoms with Crippen molar-refractivity contribution in [3.05, 3.63) is 69.9 Å². The van der Waals surface area contributed by atoms with Crippen LogP contribution in [0.5, 0.6) is 5.75 Å². The van der Waals surface area contributed by atoms with Gasteiger partial charge in [0.15, 0.2) is 0 Å². The molecule has 0 saturated carbocycles. The highest BCUT2D eigenvalue weighted by Gasteiger charge is 2.35. The summed E-state index contributed by atoms with van der Waals surface area (Å²) in [5.41, 5.74) is 0.855.